The van der Waals surface area contributed by atoms with E-state index in [1.54, 1.807) is 12.1 Å². The van der Waals surface area contributed by atoms with Gasteiger partial charge in [-0.2, -0.15) is 0 Å². The summed E-state index contributed by atoms with van der Waals surface area (Å²) in [5.74, 6) is 0. The van der Waals surface area contributed by atoms with Crippen LogP contribution in [0.2, 0.25) is 0 Å². The summed E-state index contributed by atoms with van der Waals surface area (Å²) in [5.41, 5.74) is 10.6. The summed E-state index contributed by atoms with van der Waals surface area (Å²) in [6, 6.07) is 19.0. The molecule has 0 aliphatic heterocycles. The lowest BCUT2D eigenvalue weighted by Gasteiger charge is -2.15. The second-order valence-electron chi connectivity index (χ2n) is 6.47. The van der Waals surface area contributed by atoms with E-state index in [4.69, 9.17) is 10.7 Å². The number of anilines is 4. The van der Waals surface area contributed by atoms with E-state index in [9.17, 15) is 8.42 Å². The van der Waals surface area contributed by atoms with Gasteiger partial charge in [0.05, 0.1) is 28.7 Å². The SMILES string of the molecule is CS(=O)(=O)Nc1ccc(Nc2c3ccccc3nc3cc(N)ccc23)c(I)c1. The second kappa shape index (κ2) is 7.10. The van der Waals surface area contributed by atoms with Gasteiger partial charge in [-0.3, -0.25) is 4.72 Å². The Hall–Kier alpha value is -2.59. The summed E-state index contributed by atoms with van der Waals surface area (Å²) in [6.07, 6.45) is 1.13. The molecule has 0 unspecified atom stereocenters. The Labute approximate surface area is 176 Å². The van der Waals surface area contributed by atoms with Crippen molar-refractivity contribution in [3.63, 3.8) is 0 Å². The second-order valence-corrected chi connectivity index (χ2v) is 9.39. The largest absolute Gasteiger partial charge is 0.399 e. The molecule has 4 N–H and O–H groups in total. The van der Waals surface area contributed by atoms with Crippen molar-refractivity contribution in [2.45, 2.75) is 0 Å². The molecule has 0 amide bonds. The number of rotatable bonds is 4. The van der Waals surface area contributed by atoms with Crippen molar-refractivity contribution in [2.75, 3.05) is 22.0 Å². The van der Waals surface area contributed by atoms with E-state index in [0.29, 0.717) is 11.4 Å². The first-order valence-corrected chi connectivity index (χ1v) is 11.4. The highest BCUT2D eigenvalue weighted by Gasteiger charge is 2.12. The molecular formula is C20H17IN4O2S. The van der Waals surface area contributed by atoms with E-state index < -0.39 is 10.0 Å². The van der Waals surface area contributed by atoms with Crippen LogP contribution in [-0.4, -0.2) is 19.7 Å². The summed E-state index contributed by atoms with van der Waals surface area (Å²) >= 11 is 2.18. The number of nitrogen functional groups attached to an aromatic ring is 1. The van der Waals surface area contributed by atoms with Crippen molar-refractivity contribution >= 4 is 77.2 Å². The van der Waals surface area contributed by atoms with Crippen LogP contribution in [-0.2, 0) is 10.0 Å². The van der Waals surface area contributed by atoms with Crippen LogP contribution in [0.15, 0.2) is 60.7 Å². The molecule has 142 valence electrons. The number of para-hydroxylation sites is 1. The molecule has 1 aromatic heterocycles. The van der Waals surface area contributed by atoms with Gasteiger partial charge in [0.2, 0.25) is 10.0 Å². The normalized spacial score (nSPS) is 11.6. The minimum absolute atomic E-state index is 0.523. The van der Waals surface area contributed by atoms with Crippen molar-refractivity contribution < 1.29 is 8.42 Å². The average Bonchev–Trinajstić information content (AvgIpc) is 2.62. The lowest BCUT2D eigenvalue weighted by Crippen LogP contribution is -2.09. The van der Waals surface area contributed by atoms with E-state index in [1.807, 2.05) is 48.5 Å². The molecule has 6 nitrogen and oxygen atoms in total. The Morgan fingerprint density at radius 1 is 0.964 bits per heavy atom. The maximum atomic E-state index is 11.5. The van der Waals surface area contributed by atoms with Crippen molar-refractivity contribution in [2.24, 2.45) is 0 Å². The maximum Gasteiger partial charge on any atom is 0.229 e. The predicted molar refractivity (Wildman–Crippen MR) is 125 cm³/mol. The van der Waals surface area contributed by atoms with Crippen molar-refractivity contribution in [1.82, 2.24) is 4.98 Å². The predicted octanol–water partition coefficient (Wildman–Crippen LogP) is 4.69. The number of hydrogen-bond donors (Lipinski definition) is 3. The van der Waals surface area contributed by atoms with Crippen molar-refractivity contribution in [3.05, 3.63) is 64.2 Å². The molecule has 4 aromatic rings. The molecule has 3 aromatic carbocycles. The van der Waals surface area contributed by atoms with Crippen LogP contribution in [0.25, 0.3) is 21.8 Å². The molecule has 0 saturated carbocycles. The number of fused-ring (bicyclic) bond motifs is 2. The highest BCUT2D eigenvalue weighted by molar-refractivity contribution is 14.1. The fourth-order valence-electron chi connectivity index (χ4n) is 3.07. The first-order chi connectivity index (χ1) is 13.3. The van der Waals surface area contributed by atoms with E-state index >= 15 is 0 Å². The standard InChI is InChI=1S/C20H17IN4O2S/c1-28(26,27)25-13-7-9-18(16(21)11-13)24-20-14-4-2-3-5-17(14)23-19-10-12(22)6-8-15(19)20/h2-11,25H,22H2,1H3,(H,23,24). The van der Waals surface area contributed by atoms with Gasteiger partial charge < -0.3 is 11.1 Å². The fraction of sp³-hybridized carbons (Fsp3) is 0.0500. The van der Waals surface area contributed by atoms with Gasteiger partial charge in [-0.25, -0.2) is 13.4 Å². The van der Waals surface area contributed by atoms with Gasteiger partial charge >= 0.3 is 0 Å². The summed E-state index contributed by atoms with van der Waals surface area (Å²) in [5, 5.41) is 5.46. The number of hydrogen-bond acceptors (Lipinski definition) is 5. The van der Waals surface area contributed by atoms with E-state index in [2.05, 4.69) is 32.6 Å². The third-order valence-electron chi connectivity index (χ3n) is 4.24. The van der Waals surface area contributed by atoms with Crippen LogP contribution in [0, 0.1) is 3.57 Å². The molecular weight excluding hydrogens is 487 g/mol. The first kappa shape index (κ1) is 18.8. The van der Waals surface area contributed by atoms with E-state index in [1.165, 1.54) is 0 Å². The van der Waals surface area contributed by atoms with Gasteiger partial charge in [-0.05, 0) is 65.1 Å². The Morgan fingerprint density at radius 3 is 2.46 bits per heavy atom. The number of nitrogens with two attached hydrogens (primary N) is 1. The third-order valence-corrected chi connectivity index (χ3v) is 5.74. The number of sulfonamides is 1. The zero-order valence-corrected chi connectivity index (χ0v) is 17.9. The average molecular weight is 504 g/mol. The number of nitrogens with zero attached hydrogens (tertiary/aromatic N) is 1. The van der Waals surface area contributed by atoms with Crippen LogP contribution < -0.4 is 15.8 Å². The Morgan fingerprint density at radius 2 is 1.71 bits per heavy atom. The number of aromatic nitrogens is 1. The molecule has 0 fully saturated rings. The van der Waals surface area contributed by atoms with Gasteiger partial charge in [0, 0.05) is 25.7 Å². The Balaban J connectivity index is 1.85. The number of pyridine rings is 1. The van der Waals surface area contributed by atoms with Crippen LogP contribution in [0.3, 0.4) is 0 Å². The zero-order chi connectivity index (χ0) is 19.9. The zero-order valence-electron chi connectivity index (χ0n) is 14.9. The smallest absolute Gasteiger partial charge is 0.229 e. The van der Waals surface area contributed by atoms with E-state index in [-0.39, 0.29) is 0 Å². The quantitative estimate of drug-likeness (QED) is 0.213. The van der Waals surface area contributed by atoms with Gasteiger partial charge in [0.15, 0.2) is 0 Å². The van der Waals surface area contributed by atoms with Crippen LogP contribution in [0.1, 0.15) is 0 Å². The Bertz CT molecular complexity index is 1320. The highest BCUT2D eigenvalue weighted by Crippen LogP contribution is 2.35. The maximum absolute atomic E-state index is 11.5. The molecule has 4 rings (SSSR count). The summed E-state index contributed by atoms with van der Waals surface area (Å²) in [6.45, 7) is 0. The molecule has 0 spiro atoms. The minimum Gasteiger partial charge on any atom is -0.399 e. The van der Waals surface area contributed by atoms with Crippen LogP contribution >= 0.6 is 22.6 Å². The fourth-order valence-corrected chi connectivity index (χ4v) is 4.28. The summed E-state index contributed by atoms with van der Waals surface area (Å²) in [7, 11) is -3.32. The number of benzene rings is 3. The van der Waals surface area contributed by atoms with Gasteiger partial charge in [0.25, 0.3) is 0 Å². The minimum atomic E-state index is -3.32. The van der Waals surface area contributed by atoms with Crippen molar-refractivity contribution in [1.29, 1.82) is 0 Å². The molecule has 1 heterocycles. The topological polar surface area (TPSA) is 97.1 Å². The number of halogens is 1. The lowest BCUT2D eigenvalue weighted by atomic mass is 10.1. The highest BCUT2D eigenvalue weighted by atomic mass is 127. The molecule has 0 radical (unpaired) electrons. The molecule has 0 bridgehead atoms. The van der Waals surface area contributed by atoms with Gasteiger partial charge in [-0.15, -0.1) is 0 Å². The molecule has 28 heavy (non-hydrogen) atoms. The van der Waals surface area contributed by atoms with E-state index in [0.717, 1.165) is 43.0 Å². The third kappa shape index (κ3) is 3.83. The molecule has 0 saturated heterocycles. The van der Waals surface area contributed by atoms with Crippen LogP contribution in [0.4, 0.5) is 22.7 Å². The summed E-state index contributed by atoms with van der Waals surface area (Å²) < 4.78 is 26.3. The molecule has 0 atom stereocenters. The summed E-state index contributed by atoms with van der Waals surface area (Å²) in [4.78, 5) is 4.72. The van der Waals surface area contributed by atoms with Crippen molar-refractivity contribution in [3.8, 4) is 0 Å². The van der Waals surface area contributed by atoms with Crippen LogP contribution in [0.5, 0.6) is 0 Å². The first-order valence-electron chi connectivity index (χ1n) is 8.42. The van der Waals surface area contributed by atoms with Gasteiger partial charge in [0.1, 0.15) is 0 Å². The molecule has 8 heteroatoms. The molecule has 0 aliphatic rings. The van der Waals surface area contributed by atoms with Gasteiger partial charge in [-0.1, -0.05) is 18.2 Å². The Kier molecular flexibility index (Phi) is 4.76. The molecule has 0 aliphatic carbocycles. The number of nitrogens with one attached hydrogen (secondary N) is 2. The monoisotopic (exact) mass is 504 g/mol. The lowest BCUT2D eigenvalue weighted by molar-refractivity contribution is 0.607.